The smallest absolute Gasteiger partial charge is 0.193 e. The molecule has 0 aromatic carbocycles. The lowest BCUT2D eigenvalue weighted by Gasteiger charge is -2.03. The molecule has 2 heterocycles. The predicted molar refractivity (Wildman–Crippen MR) is 48.3 cm³/mol. The standard InChI is InChI=1S/C7H9N7/c1-5-7(9-3-2-8-5)10-4-6-11-13-14-12-6/h2-3H,4H2,1H3,(H,9,10)(H,11,12,13,14). The van der Waals surface area contributed by atoms with Gasteiger partial charge in [-0.2, -0.15) is 5.21 Å². The Balaban J connectivity index is 2.02. The molecule has 0 saturated heterocycles. The zero-order valence-corrected chi connectivity index (χ0v) is 7.60. The van der Waals surface area contributed by atoms with E-state index < -0.39 is 0 Å². The third kappa shape index (κ3) is 1.82. The zero-order valence-electron chi connectivity index (χ0n) is 7.60. The number of H-pyrrole nitrogens is 1. The molecule has 0 spiro atoms. The van der Waals surface area contributed by atoms with Crippen LogP contribution in [0.2, 0.25) is 0 Å². The summed E-state index contributed by atoms with van der Waals surface area (Å²) in [6, 6.07) is 0. The lowest BCUT2D eigenvalue weighted by atomic mass is 10.4. The van der Waals surface area contributed by atoms with Crippen LogP contribution in [0.1, 0.15) is 11.5 Å². The lowest BCUT2D eigenvalue weighted by molar-refractivity contribution is 0.881. The van der Waals surface area contributed by atoms with Crippen LogP contribution >= 0.6 is 0 Å². The minimum Gasteiger partial charge on any atom is -0.361 e. The van der Waals surface area contributed by atoms with Gasteiger partial charge >= 0.3 is 0 Å². The molecule has 7 nitrogen and oxygen atoms in total. The van der Waals surface area contributed by atoms with E-state index in [-0.39, 0.29) is 0 Å². The van der Waals surface area contributed by atoms with E-state index in [4.69, 9.17) is 0 Å². The number of anilines is 1. The molecule has 0 aliphatic carbocycles. The van der Waals surface area contributed by atoms with Gasteiger partial charge in [-0.3, -0.25) is 4.98 Å². The molecule has 0 bridgehead atoms. The number of aromatic amines is 1. The molecule has 0 aliphatic heterocycles. The van der Waals surface area contributed by atoms with Gasteiger partial charge in [0.2, 0.25) is 0 Å². The largest absolute Gasteiger partial charge is 0.361 e. The van der Waals surface area contributed by atoms with Crippen molar-refractivity contribution in [2.24, 2.45) is 0 Å². The van der Waals surface area contributed by atoms with Gasteiger partial charge in [-0.05, 0) is 6.92 Å². The number of aromatic nitrogens is 6. The maximum Gasteiger partial charge on any atom is 0.193 e. The normalized spacial score (nSPS) is 10.1. The number of tetrazole rings is 1. The van der Waals surface area contributed by atoms with Gasteiger partial charge in [-0.15, -0.1) is 10.2 Å². The van der Waals surface area contributed by atoms with Crippen LogP contribution < -0.4 is 5.32 Å². The molecule has 2 aromatic rings. The Morgan fingerprint density at radius 1 is 1.36 bits per heavy atom. The molecule has 0 radical (unpaired) electrons. The Hall–Kier alpha value is -2.05. The van der Waals surface area contributed by atoms with Crippen LogP contribution in [0.5, 0.6) is 0 Å². The third-order valence-electron chi connectivity index (χ3n) is 1.68. The van der Waals surface area contributed by atoms with Gasteiger partial charge < -0.3 is 5.32 Å². The first kappa shape index (κ1) is 8.54. The van der Waals surface area contributed by atoms with Gasteiger partial charge in [0.05, 0.1) is 12.2 Å². The summed E-state index contributed by atoms with van der Waals surface area (Å²) in [6.45, 7) is 2.36. The Morgan fingerprint density at radius 3 is 2.93 bits per heavy atom. The summed E-state index contributed by atoms with van der Waals surface area (Å²) in [7, 11) is 0. The van der Waals surface area contributed by atoms with Crippen LogP contribution in [0, 0.1) is 6.92 Å². The van der Waals surface area contributed by atoms with E-state index in [0.717, 1.165) is 11.5 Å². The van der Waals surface area contributed by atoms with E-state index in [2.05, 4.69) is 35.9 Å². The van der Waals surface area contributed by atoms with Gasteiger partial charge in [0, 0.05) is 12.4 Å². The minimum atomic E-state index is 0.482. The maximum atomic E-state index is 4.12. The summed E-state index contributed by atoms with van der Waals surface area (Å²) < 4.78 is 0. The van der Waals surface area contributed by atoms with Crippen LogP contribution in [-0.2, 0) is 6.54 Å². The SMILES string of the molecule is Cc1nccnc1NCc1nn[nH]n1. The average molecular weight is 191 g/mol. The van der Waals surface area contributed by atoms with Gasteiger partial charge in [0.15, 0.2) is 5.82 Å². The highest BCUT2D eigenvalue weighted by atomic mass is 15.5. The van der Waals surface area contributed by atoms with Crippen LogP contribution in [0.3, 0.4) is 0 Å². The number of rotatable bonds is 3. The summed E-state index contributed by atoms with van der Waals surface area (Å²) >= 11 is 0. The first-order valence-electron chi connectivity index (χ1n) is 4.10. The fraction of sp³-hybridized carbons (Fsp3) is 0.286. The summed E-state index contributed by atoms with van der Waals surface area (Å²) in [5, 5.41) is 16.5. The van der Waals surface area contributed by atoms with Crippen molar-refractivity contribution < 1.29 is 0 Å². The van der Waals surface area contributed by atoms with E-state index in [9.17, 15) is 0 Å². The van der Waals surface area contributed by atoms with Crippen molar-refractivity contribution in [3.63, 3.8) is 0 Å². The molecule has 0 atom stereocenters. The number of hydrogen-bond donors (Lipinski definition) is 2. The summed E-state index contributed by atoms with van der Waals surface area (Å²) in [5.41, 5.74) is 0.844. The fourth-order valence-electron chi connectivity index (χ4n) is 1.00. The minimum absolute atomic E-state index is 0.482. The van der Waals surface area contributed by atoms with Gasteiger partial charge in [-0.1, -0.05) is 5.21 Å². The number of aryl methyl sites for hydroxylation is 1. The monoisotopic (exact) mass is 191 g/mol. The van der Waals surface area contributed by atoms with Gasteiger partial charge in [-0.25, -0.2) is 4.98 Å². The van der Waals surface area contributed by atoms with Crippen LogP contribution in [0.25, 0.3) is 0 Å². The highest BCUT2D eigenvalue weighted by Gasteiger charge is 2.01. The van der Waals surface area contributed by atoms with Gasteiger partial charge in [0.1, 0.15) is 5.82 Å². The van der Waals surface area contributed by atoms with Crippen molar-refractivity contribution in [2.75, 3.05) is 5.32 Å². The number of nitrogens with zero attached hydrogens (tertiary/aromatic N) is 5. The topological polar surface area (TPSA) is 92.3 Å². The highest BCUT2D eigenvalue weighted by Crippen LogP contribution is 2.06. The maximum absolute atomic E-state index is 4.12. The van der Waals surface area contributed by atoms with Crippen molar-refractivity contribution in [1.82, 2.24) is 30.6 Å². The van der Waals surface area contributed by atoms with E-state index in [0.29, 0.717) is 12.4 Å². The van der Waals surface area contributed by atoms with Crippen molar-refractivity contribution in [2.45, 2.75) is 13.5 Å². The number of nitrogens with one attached hydrogen (secondary N) is 2. The Labute approximate surface area is 80.0 Å². The molecule has 72 valence electrons. The molecular formula is C7H9N7. The molecule has 2 aromatic heterocycles. The van der Waals surface area contributed by atoms with E-state index >= 15 is 0 Å². The summed E-state index contributed by atoms with van der Waals surface area (Å²) in [6.07, 6.45) is 3.28. The molecule has 2 rings (SSSR count). The van der Waals surface area contributed by atoms with Crippen molar-refractivity contribution >= 4 is 5.82 Å². The summed E-state index contributed by atoms with van der Waals surface area (Å²) in [5.74, 6) is 1.33. The number of hydrogen-bond acceptors (Lipinski definition) is 6. The second kappa shape index (κ2) is 3.77. The van der Waals surface area contributed by atoms with Crippen LogP contribution in [0.15, 0.2) is 12.4 Å². The summed E-state index contributed by atoms with van der Waals surface area (Å²) in [4.78, 5) is 8.21. The third-order valence-corrected chi connectivity index (χ3v) is 1.68. The second-order valence-electron chi connectivity index (χ2n) is 2.67. The van der Waals surface area contributed by atoms with Crippen molar-refractivity contribution in [3.05, 3.63) is 23.9 Å². The first-order valence-corrected chi connectivity index (χ1v) is 4.10. The van der Waals surface area contributed by atoms with Crippen molar-refractivity contribution in [3.8, 4) is 0 Å². The average Bonchev–Trinajstić information content (AvgIpc) is 2.69. The Kier molecular flexibility index (Phi) is 2.30. The predicted octanol–water partition coefficient (Wildman–Crippen LogP) is -0.0898. The lowest BCUT2D eigenvalue weighted by Crippen LogP contribution is -2.05. The molecule has 7 heteroatoms. The van der Waals surface area contributed by atoms with E-state index in [1.165, 1.54) is 0 Å². The van der Waals surface area contributed by atoms with E-state index in [1.807, 2.05) is 6.92 Å². The Bertz CT molecular complexity index is 396. The fourth-order valence-corrected chi connectivity index (χ4v) is 1.00. The highest BCUT2D eigenvalue weighted by molar-refractivity contribution is 5.38. The molecule has 0 unspecified atom stereocenters. The second-order valence-corrected chi connectivity index (χ2v) is 2.67. The molecule has 0 saturated carbocycles. The quantitative estimate of drug-likeness (QED) is 0.704. The Morgan fingerprint density at radius 2 is 2.21 bits per heavy atom. The molecular weight excluding hydrogens is 182 g/mol. The van der Waals surface area contributed by atoms with E-state index in [1.54, 1.807) is 12.4 Å². The van der Waals surface area contributed by atoms with Gasteiger partial charge in [0.25, 0.3) is 0 Å². The molecule has 0 aliphatic rings. The first-order chi connectivity index (χ1) is 6.86. The van der Waals surface area contributed by atoms with Crippen LogP contribution in [0.4, 0.5) is 5.82 Å². The van der Waals surface area contributed by atoms with Crippen LogP contribution in [-0.4, -0.2) is 30.6 Å². The molecule has 14 heavy (non-hydrogen) atoms. The zero-order chi connectivity index (χ0) is 9.80. The van der Waals surface area contributed by atoms with Crippen molar-refractivity contribution in [1.29, 1.82) is 0 Å². The molecule has 0 fully saturated rings. The molecule has 2 N–H and O–H groups in total. The molecule has 0 amide bonds.